The minimum Gasteiger partial charge on any atom is -0.383 e. The molecule has 0 radical (unpaired) electrons. The lowest BCUT2D eigenvalue weighted by Crippen LogP contribution is -2.12. The lowest BCUT2D eigenvalue weighted by Gasteiger charge is -2.09. The summed E-state index contributed by atoms with van der Waals surface area (Å²) in [5.74, 6) is 0. The Bertz CT molecular complexity index is 803. The van der Waals surface area contributed by atoms with Crippen LogP contribution >= 0.6 is 0 Å². The molecule has 3 aromatic rings. The number of ether oxygens (including phenoxy) is 2. The van der Waals surface area contributed by atoms with E-state index >= 15 is 0 Å². The van der Waals surface area contributed by atoms with E-state index in [1.165, 1.54) is 0 Å². The van der Waals surface area contributed by atoms with E-state index in [9.17, 15) is 0 Å². The van der Waals surface area contributed by atoms with E-state index in [1.807, 2.05) is 18.2 Å². The van der Waals surface area contributed by atoms with Gasteiger partial charge < -0.3 is 14.8 Å². The number of anilines is 1. The monoisotopic (exact) mass is 350 g/mol. The maximum atomic E-state index is 5.54. The van der Waals surface area contributed by atoms with Gasteiger partial charge in [0.25, 0.3) is 0 Å². The van der Waals surface area contributed by atoms with Crippen LogP contribution < -0.4 is 5.32 Å². The highest BCUT2D eigenvalue weighted by molar-refractivity contribution is 5.81. The van der Waals surface area contributed by atoms with Gasteiger partial charge >= 0.3 is 0 Å². The second kappa shape index (κ2) is 9.90. The SMILES string of the molecule is CCCOCCOCCNc1ccc(-c2ccc3ccccc3n2)cc1. The van der Waals surface area contributed by atoms with Gasteiger partial charge in [0, 0.05) is 29.8 Å². The summed E-state index contributed by atoms with van der Waals surface area (Å²) < 4.78 is 10.9. The maximum absolute atomic E-state index is 5.54. The molecule has 0 aliphatic rings. The van der Waals surface area contributed by atoms with Crippen molar-refractivity contribution in [2.75, 3.05) is 38.3 Å². The molecule has 0 saturated heterocycles. The molecule has 0 aliphatic heterocycles. The van der Waals surface area contributed by atoms with Crippen LogP contribution in [0.4, 0.5) is 5.69 Å². The van der Waals surface area contributed by atoms with E-state index in [2.05, 4.69) is 54.7 Å². The predicted molar refractivity (Wildman–Crippen MR) is 108 cm³/mol. The zero-order valence-corrected chi connectivity index (χ0v) is 15.3. The third-order valence-corrected chi connectivity index (χ3v) is 4.08. The molecule has 1 N–H and O–H groups in total. The molecule has 2 aromatic carbocycles. The van der Waals surface area contributed by atoms with Gasteiger partial charge in [-0.3, -0.25) is 0 Å². The van der Waals surface area contributed by atoms with Crippen LogP contribution in [0.25, 0.3) is 22.2 Å². The zero-order valence-electron chi connectivity index (χ0n) is 15.3. The number of para-hydroxylation sites is 1. The largest absolute Gasteiger partial charge is 0.383 e. The van der Waals surface area contributed by atoms with Crippen molar-refractivity contribution < 1.29 is 9.47 Å². The van der Waals surface area contributed by atoms with Crippen molar-refractivity contribution in [3.8, 4) is 11.3 Å². The summed E-state index contributed by atoms with van der Waals surface area (Å²) in [6.45, 7) is 5.67. The van der Waals surface area contributed by atoms with E-state index in [0.717, 1.165) is 47.4 Å². The van der Waals surface area contributed by atoms with Crippen molar-refractivity contribution >= 4 is 16.6 Å². The highest BCUT2D eigenvalue weighted by atomic mass is 16.5. The van der Waals surface area contributed by atoms with Crippen LogP contribution in [-0.2, 0) is 9.47 Å². The van der Waals surface area contributed by atoms with Crippen LogP contribution in [0.2, 0.25) is 0 Å². The molecular weight excluding hydrogens is 324 g/mol. The summed E-state index contributed by atoms with van der Waals surface area (Å²) in [5, 5.41) is 4.53. The first-order chi connectivity index (χ1) is 12.9. The molecule has 26 heavy (non-hydrogen) atoms. The summed E-state index contributed by atoms with van der Waals surface area (Å²) in [4.78, 5) is 4.74. The minimum atomic E-state index is 0.647. The van der Waals surface area contributed by atoms with Crippen molar-refractivity contribution in [2.45, 2.75) is 13.3 Å². The van der Waals surface area contributed by atoms with E-state index in [-0.39, 0.29) is 0 Å². The van der Waals surface area contributed by atoms with Crippen LogP contribution in [0.3, 0.4) is 0 Å². The van der Waals surface area contributed by atoms with Gasteiger partial charge in [0.2, 0.25) is 0 Å². The Morgan fingerprint density at radius 2 is 1.58 bits per heavy atom. The van der Waals surface area contributed by atoms with Crippen LogP contribution in [0.15, 0.2) is 60.7 Å². The van der Waals surface area contributed by atoms with Crippen LogP contribution in [-0.4, -0.2) is 38.0 Å². The highest BCUT2D eigenvalue weighted by Crippen LogP contribution is 2.22. The number of hydrogen-bond acceptors (Lipinski definition) is 4. The van der Waals surface area contributed by atoms with Crippen molar-refractivity contribution in [3.05, 3.63) is 60.7 Å². The molecule has 0 fully saturated rings. The molecule has 3 rings (SSSR count). The van der Waals surface area contributed by atoms with Gasteiger partial charge in [-0.15, -0.1) is 0 Å². The quantitative estimate of drug-likeness (QED) is 0.536. The number of rotatable bonds is 10. The van der Waals surface area contributed by atoms with Gasteiger partial charge in [0.05, 0.1) is 31.0 Å². The molecule has 0 bridgehead atoms. The van der Waals surface area contributed by atoms with Crippen LogP contribution in [0, 0.1) is 0 Å². The molecule has 1 aromatic heterocycles. The first-order valence-electron chi connectivity index (χ1n) is 9.22. The van der Waals surface area contributed by atoms with Crippen LogP contribution in [0.1, 0.15) is 13.3 Å². The lowest BCUT2D eigenvalue weighted by molar-refractivity contribution is 0.0519. The fourth-order valence-electron chi connectivity index (χ4n) is 2.72. The van der Waals surface area contributed by atoms with Crippen LogP contribution in [0.5, 0.6) is 0 Å². The highest BCUT2D eigenvalue weighted by Gasteiger charge is 2.01. The molecular formula is C22H26N2O2. The second-order valence-electron chi connectivity index (χ2n) is 6.12. The smallest absolute Gasteiger partial charge is 0.0709 e. The van der Waals surface area contributed by atoms with Gasteiger partial charge in [0.1, 0.15) is 0 Å². The average Bonchev–Trinajstić information content (AvgIpc) is 2.70. The molecule has 0 amide bonds. The number of pyridine rings is 1. The Morgan fingerprint density at radius 1 is 0.808 bits per heavy atom. The molecule has 136 valence electrons. The van der Waals surface area contributed by atoms with Crippen molar-refractivity contribution in [1.29, 1.82) is 0 Å². The van der Waals surface area contributed by atoms with Gasteiger partial charge in [-0.25, -0.2) is 4.98 Å². The number of benzene rings is 2. The molecule has 0 saturated carbocycles. The third kappa shape index (κ3) is 5.28. The number of nitrogens with zero attached hydrogens (tertiary/aromatic N) is 1. The summed E-state index contributed by atoms with van der Waals surface area (Å²) in [6.07, 6.45) is 1.05. The Hall–Kier alpha value is -2.43. The fourth-order valence-corrected chi connectivity index (χ4v) is 2.72. The molecule has 0 spiro atoms. The summed E-state index contributed by atoms with van der Waals surface area (Å²) in [6, 6.07) is 20.7. The Balaban J connectivity index is 1.47. The van der Waals surface area contributed by atoms with Gasteiger partial charge in [-0.05, 0) is 30.7 Å². The fraction of sp³-hybridized carbons (Fsp3) is 0.318. The number of fused-ring (bicyclic) bond motifs is 1. The molecule has 0 unspecified atom stereocenters. The van der Waals surface area contributed by atoms with E-state index in [0.29, 0.717) is 19.8 Å². The summed E-state index contributed by atoms with van der Waals surface area (Å²) >= 11 is 0. The minimum absolute atomic E-state index is 0.647. The number of hydrogen-bond donors (Lipinski definition) is 1. The van der Waals surface area contributed by atoms with E-state index in [1.54, 1.807) is 0 Å². The first kappa shape index (κ1) is 18.4. The predicted octanol–water partition coefficient (Wildman–Crippen LogP) is 4.76. The molecule has 0 aliphatic carbocycles. The normalized spacial score (nSPS) is 11.0. The van der Waals surface area contributed by atoms with Gasteiger partial charge in [-0.2, -0.15) is 0 Å². The Labute approximate surface area is 155 Å². The number of aromatic nitrogens is 1. The number of nitrogens with one attached hydrogen (secondary N) is 1. The third-order valence-electron chi connectivity index (χ3n) is 4.08. The van der Waals surface area contributed by atoms with Crippen molar-refractivity contribution in [2.24, 2.45) is 0 Å². The Kier molecular flexibility index (Phi) is 6.99. The van der Waals surface area contributed by atoms with Crippen molar-refractivity contribution in [3.63, 3.8) is 0 Å². The summed E-state index contributed by atoms with van der Waals surface area (Å²) in [5.41, 5.74) is 4.21. The maximum Gasteiger partial charge on any atom is 0.0709 e. The van der Waals surface area contributed by atoms with E-state index in [4.69, 9.17) is 14.5 Å². The standard InChI is InChI=1S/C22H26N2O2/c1-2-14-25-16-17-26-15-13-23-20-10-7-19(8-11-20)22-12-9-18-5-3-4-6-21(18)24-22/h3-12,23H,2,13-17H2,1H3. The van der Waals surface area contributed by atoms with E-state index < -0.39 is 0 Å². The molecule has 1 heterocycles. The molecule has 4 nitrogen and oxygen atoms in total. The average molecular weight is 350 g/mol. The molecule has 0 atom stereocenters. The first-order valence-corrected chi connectivity index (χ1v) is 9.22. The van der Waals surface area contributed by atoms with Gasteiger partial charge in [-0.1, -0.05) is 43.3 Å². The lowest BCUT2D eigenvalue weighted by atomic mass is 10.1. The Morgan fingerprint density at radius 3 is 2.38 bits per heavy atom. The second-order valence-corrected chi connectivity index (χ2v) is 6.12. The molecule has 4 heteroatoms. The topological polar surface area (TPSA) is 43.4 Å². The van der Waals surface area contributed by atoms with Crippen molar-refractivity contribution in [1.82, 2.24) is 4.98 Å². The van der Waals surface area contributed by atoms with Gasteiger partial charge in [0.15, 0.2) is 0 Å². The summed E-state index contributed by atoms with van der Waals surface area (Å²) in [7, 11) is 0. The zero-order chi connectivity index (χ0) is 18.0.